The van der Waals surface area contributed by atoms with Crippen LogP contribution < -0.4 is 5.32 Å². The molecule has 0 saturated carbocycles. The Kier molecular flexibility index (Phi) is 6.77. The van der Waals surface area contributed by atoms with Gasteiger partial charge < -0.3 is 5.32 Å². The highest BCUT2D eigenvalue weighted by Gasteiger charge is 2.10. The van der Waals surface area contributed by atoms with Crippen molar-refractivity contribution < 1.29 is 0 Å². The first-order valence-electron chi connectivity index (χ1n) is 7.31. The van der Waals surface area contributed by atoms with Crippen LogP contribution in [0.2, 0.25) is 0 Å². The largest absolute Gasteiger partial charge is 0.310 e. The monoisotopic (exact) mass is 351 g/mol. The van der Waals surface area contributed by atoms with Gasteiger partial charge in [-0.3, -0.25) is 0 Å². The summed E-state index contributed by atoms with van der Waals surface area (Å²) in [6.07, 6.45) is 4.75. The topological polar surface area (TPSA) is 12.0 Å². The molecule has 2 rings (SSSR count). The van der Waals surface area contributed by atoms with E-state index in [1.807, 2.05) is 11.3 Å². The average molecular weight is 352 g/mol. The highest BCUT2D eigenvalue weighted by molar-refractivity contribution is 9.10. The van der Waals surface area contributed by atoms with Gasteiger partial charge in [-0.25, -0.2) is 0 Å². The highest BCUT2D eigenvalue weighted by atomic mass is 79.9. The number of hydrogen-bond donors (Lipinski definition) is 1. The number of hydrogen-bond acceptors (Lipinski definition) is 2. The van der Waals surface area contributed by atoms with Crippen LogP contribution >= 0.6 is 27.3 Å². The minimum Gasteiger partial charge on any atom is -0.310 e. The Morgan fingerprint density at radius 3 is 2.65 bits per heavy atom. The summed E-state index contributed by atoms with van der Waals surface area (Å²) in [5.74, 6) is 0. The Balaban J connectivity index is 1.89. The van der Waals surface area contributed by atoms with E-state index >= 15 is 0 Å². The summed E-state index contributed by atoms with van der Waals surface area (Å²) in [5, 5.41) is 5.83. The van der Waals surface area contributed by atoms with Gasteiger partial charge in [-0.15, -0.1) is 11.3 Å². The van der Waals surface area contributed by atoms with Gasteiger partial charge in [0.25, 0.3) is 0 Å². The summed E-state index contributed by atoms with van der Waals surface area (Å²) in [6.45, 7) is 3.31. The van der Waals surface area contributed by atoms with Crippen LogP contribution in [0.25, 0.3) is 0 Å². The van der Waals surface area contributed by atoms with Crippen LogP contribution in [0.1, 0.15) is 42.7 Å². The average Bonchev–Trinajstić information content (AvgIpc) is 2.89. The molecule has 0 aliphatic heterocycles. The van der Waals surface area contributed by atoms with Crippen molar-refractivity contribution >= 4 is 27.3 Å². The second-order valence-electron chi connectivity index (χ2n) is 5.00. The molecule has 1 heterocycles. The van der Waals surface area contributed by atoms with Crippen LogP contribution in [0.3, 0.4) is 0 Å². The van der Waals surface area contributed by atoms with Crippen LogP contribution in [0, 0.1) is 0 Å². The molecule has 3 heteroatoms. The van der Waals surface area contributed by atoms with E-state index in [-0.39, 0.29) is 0 Å². The summed E-state index contributed by atoms with van der Waals surface area (Å²) in [7, 11) is 0. The molecule has 0 fully saturated rings. The summed E-state index contributed by atoms with van der Waals surface area (Å²) < 4.78 is 1.26. The van der Waals surface area contributed by atoms with Gasteiger partial charge in [-0.05, 0) is 65.2 Å². The Bertz CT molecular complexity index is 495. The van der Waals surface area contributed by atoms with E-state index in [4.69, 9.17) is 0 Å². The zero-order valence-corrected chi connectivity index (χ0v) is 14.3. The normalized spacial score (nSPS) is 12.5. The van der Waals surface area contributed by atoms with E-state index in [9.17, 15) is 0 Å². The molecule has 0 bridgehead atoms. The molecule has 0 radical (unpaired) electrons. The van der Waals surface area contributed by atoms with Gasteiger partial charge >= 0.3 is 0 Å². The molecule has 1 nitrogen and oxygen atoms in total. The van der Waals surface area contributed by atoms with E-state index in [0.29, 0.717) is 6.04 Å². The zero-order chi connectivity index (χ0) is 14.2. The highest BCUT2D eigenvalue weighted by Crippen LogP contribution is 2.26. The van der Waals surface area contributed by atoms with Crippen molar-refractivity contribution in [3.8, 4) is 0 Å². The first-order valence-corrected chi connectivity index (χ1v) is 8.98. The molecule has 0 spiro atoms. The minimum absolute atomic E-state index is 0.481. The molecule has 2 aromatic rings. The van der Waals surface area contributed by atoms with E-state index in [1.165, 1.54) is 34.2 Å². The van der Waals surface area contributed by atoms with Crippen LogP contribution in [0.4, 0.5) is 0 Å². The molecule has 0 amide bonds. The summed E-state index contributed by atoms with van der Waals surface area (Å²) >= 11 is 5.46. The first kappa shape index (κ1) is 15.7. The SMILES string of the molecule is CCCNC(CCCc1sccc1Br)c1ccccc1. The Labute approximate surface area is 134 Å². The van der Waals surface area contributed by atoms with Gasteiger partial charge in [0.1, 0.15) is 0 Å². The molecule has 0 saturated heterocycles. The third kappa shape index (κ3) is 4.72. The number of halogens is 1. The van der Waals surface area contributed by atoms with Crippen LogP contribution in [-0.4, -0.2) is 6.54 Å². The molecule has 1 unspecified atom stereocenters. The lowest BCUT2D eigenvalue weighted by molar-refractivity contribution is 0.485. The van der Waals surface area contributed by atoms with E-state index in [2.05, 4.69) is 69.9 Å². The van der Waals surface area contributed by atoms with Gasteiger partial charge in [-0.1, -0.05) is 37.3 Å². The third-order valence-corrected chi connectivity index (χ3v) is 5.42. The summed E-state index contributed by atoms with van der Waals surface area (Å²) in [5.41, 5.74) is 1.41. The van der Waals surface area contributed by atoms with E-state index in [0.717, 1.165) is 13.0 Å². The molecule has 1 atom stereocenters. The van der Waals surface area contributed by atoms with Gasteiger partial charge in [0.15, 0.2) is 0 Å². The number of nitrogens with one attached hydrogen (secondary N) is 1. The predicted octanol–water partition coefficient (Wildman–Crippen LogP) is 5.57. The number of benzene rings is 1. The quantitative estimate of drug-likeness (QED) is 0.654. The molecule has 1 aromatic heterocycles. The van der Waals surface area contributed by atoms with Crippen molar-refractivity contribution in [1.29, 1.82) is 0 Å². The molecule has 1 aromatic carbocycles. The van der Waals surface area contributed by atoms with Crippen molar-refractivity contribution in [1.82, 2.24) is 5.32 Å². The maximum Gasteiger partial charge on any atom is 0.0320 e. The van der Waals surface area contributed by atoms with Gasteiger partial charge in [0, 0.05) is 15.4 Å². The predicted molar refractivity (Wildman–Crippen MR) is 92.4 cm³/mol. The fourth-order valence-corrected chi connectivity index (χ4v) is 3.96. The van der Waals surface area contributed by atoms with E-state index in [1.54, 1.807) is 0 Å². The Morgan fingerprint density at radius 1 is 1.20 bits per heavy atom. The van der Waals surface area contributed by atoms with Crippen LogP contribution in [0.15, 0.2) is 46.3 Å². The number of aryl methyl sites for hydroxylation is 1. The molecular weight excluding hydrogens is 330 g/mol. The minimum atomic E-state index is 0.481. The molecule has 20 heavy (non-hydrogen) atoms. The van der Waals surface area contributed by atoms with Crippen molar-refractivity contribution in [3.05, 3.63) is 56.7 Å². The lowest BCUT2D eigenvalue weighted by atomic mass is 10.0. The van der Waals surface area contributed by atoms with Crippen molar-refractivity contribution in [2.75, 3.05) is 6.54 Å². The molecule has 108 valence electrons. The van der Waals surface area contributed by atoms with Crippen molar-refractivity contribution in [2.24, 2.45) is 0 Å². The maximum atomic E-state index is 3.67. The molecule has 1 N–H and O–H groups in total. The van der Waals surface area contributed by atoms with Gasteiger partial charge in [-0.2, -0.15) is 0 Å². The lowest BCUT2D eigenvalue weighted by Crippen LogP contribution is -2.22. The Morgan fingerprint density at radius 2 is 2.00 bits per heavy atom. The van der Waals surface area contributed by atoms with Crippen LogP contribution in [0.5, 0.6) is 0 Å². The van der Waals surface area contributed by atoms with Gasteiger partial charge in [0.2, 0.25) is 0 Å². The number of thiophene rings is 1. The third-order valence-electron chi connectivity index (χ3n) is 3.43. The lowest BCUT2D eigenvalue weighted by Gasteiger charge is -2.19. The molecule has 0 aliphatic rings. The summed E-state index contributed by atoms with van der Waals surface area (Å²) in [6, 6.07) is 13.4. The maximum absolute atomic E-state index is 3.67. The van der Waals surface area contributed by atoms with Crippen molar-refractivity contribution in [3.63, 3.8) is 0 Å². The molecule has 0 aliphatic carbocycles. The second kappa shape index (κ2) is 8.60. The van der Waals surface area contributed by atoms with Crippen LogP contribution in [-0.2, 0) is 6.42 Å². The summed E-state index contributed by atoms with van der Waals surface area (Å²) in [4.78, 5) is 1.47. The fourth-order valence-electron chi connectivity index (χ4n) is 2.36. The fraction of sp³-hybridized carbons (Fsp3) is 0.412. The Hall–Kier alpha value is -0.640. The zero-order valence-electron chi connectivity index (χ0n) is 11.9. The second-order valence-corrected chi connectivity index (χ2v) is 6.86. The standard InChI is InChI=1S/C17H22BrNS/c1-2-12-19-16(14-7-4-3-5-8-14)9-6-10-17-15(18)11-13-20-17/h3-5,7-8,11,13,16,19H,2,6,9-10,12H2,1H3. The number of rotatable bonds is 8. The smallest absolute Gasteiger partial charge is 0.0320 e. The van der Waals surface area contributed by atoms with Gasteiger partial charge in [0.05, 0.1) is 0 Å². The van der Waals surface area contributed by atoms with Crippen molar-refractivity contribution in [2.45, 2.75) is 38.6 Å². The van der Waals surface area contributed by atoms with E-state index < -0.39 is 0 Å². The molecular formula is C17H22BrNS. The first-order chi connectivity index (χ1) is 9.81.